The molecular weight excluding hydrogens is 164 g/mol. The lowest BCUT2D eigenvalue weighted by molar-refractivity contribution is -0.132. The topological polar surface area (TPSA) is 37.3 Å². The Morgan fingerprint density at radius 2 is 2.00 bits per heavy atom. The molecule has 1 N–H and O–H groups in total. The molecule has 13 heavy (non-hydrogen) atoms. The van der Waals surface area contributed by atoms with Crippen molar-refractivity contribution in [2.45, 2.75) is 46.0 Å². The highest BCUT2D eigenvalue weighted by atomic mass is 16.4. The van der Waals surface area contributed by atoms with E-state index in [9.17, 15) is 4.79 Å². The third-order valence-electron chi connectivity index (χ3n) is 3.16. The average Bonchev–Trinajstić information content (AvgIpc) is 2.54. The Morgan fingerprint density at radius 1 is 1.46 bits per heavy atom. The van der Waals surface area contributed by atoms with Gasteiger partial charge in [-0.15, -0.1) is 0 Å². The number of carbonyl (C=O) groups is 1. The summed E-state index contributed by atoms with van der Waals surface area (Å²) < 4.78 is 0. The summed E-state index contributed by atoms with van der Waals surface area (Å²) in [6.07, 6.45) is 7.86. The van der Waals surface area contributed by atoms with Crippen LogP contribution in [0.1, 0.15) is 46.0 Å². The van der Waals surface area contributed by atoms with Crippen molar-refractivity contribution in [3.63, 3.8) is 0 Å². The summed E-state index contributed by atoms with van der Waals surface area (Å²) in [7, 11) is 0. The molecule has 1 aliphatic rings. The van der Waals surface area contributed by atoms with Crippen LogP contribution in [0, 0.1) is 5.41 Å². The molecule has 0 spiro atoms. The van der Waals surface area contributed by atoms with Crippen molar-refractivity contribution in [1.82, 2.24) is 0 Å². The van der Waals surface area contributed by atoms with Crippen molar-refractivity contribution < 1.29 is 9.90 Å². The van der Waals surface area contributed by atoms with Crippen molar-refractivity contribution in [3.05, 3.63) is 11.6 Å². The molecule has 0 atom stereocenters. The maximum Gasteiger partial charge on any atom is 0.330 e. The van der Waals surface area contributed by atoms with E-state index in [1.165, 1.54) is 12.8 Å². The van der Waals surface area contributed by atoms with Crippen LogP contribution >= 0.6 is 0 Å². The standard InChI is InChI=1S/C11H18O2/c1-3-11(6-4-5-7-11)8-9(2)10(12)13/h8H,3-7H2,1-2H3,(H,12,13). The lowest BCUT2D eigenvalue weighted by Gasteiger charge is -2.23. The van der Waals surface area contributed by atoms with Gasteiger partial charge in [0.05, 0.1) is 0 Å². The van der Waals surface area contributed by atoms with E-state index in [-0.39, 0.29) is 5.41 Å². The fraction of sp³-hybridized carbons (Fsp3) is 0.727. The number of hydrogen-bond donors (Lipinski definition) is 1. The second-order valence-electron chi connectivity index (χ2n) is 4.06. The molecule has 1 aliphatic carbocycles. The average molecular weight is 182 g/mol. The minimum atomic E-state index is -0.778. The number of hydrogen-bond acceptors (Lipinski definition) is 1. The van der Waals surface area contributed by atoms with Gasteiger partial charge in [0, 0.05) is 5.57 Å². The predicted octanol–water partition coefficient (Wildman–Crippen LogP) is 2.99. The number of carboxylic acids is 1. The number of aliphatic carboxylic acids is 1. The Morgan fingerprint density at radius 3 is 2.38 bits per heavy atom. The van der Waals surface area contributed by atoms with E-state index < -0.39 is 5.97 Å². The molecule has 0 radical (unpaired) electrons. The van der Waals surface area contributed by atoms with E-state index in [2.05, 4.69) is 6.92 Å². The van der Waals surface area contributed by atoms with Crippen LogP contribution in [0.2, 0.25) is 0 Å². The zero-order valence-electron chi connectivity index (χ0n) is 8.47. The van der Waals surface area contributed by atoms with E-state index in [0.717, 1.165) is 19.3 Å². The largest absolute Gasteiger partial charge is 0.478 e. The van der Waals surface area contributed by atoms with Gasteiger partial charge in [0.15, 0.2) is 0 Å². The Kier molecular flexibility index (Phi) is 3.12. The van der Waals surface area contributed by atoms with E-state index >= 15 is 0 Å². The lowest BCUT2D eigenvalue weighted by atomic mass is 9.82. The zero-order valence-corrected chi connectivity index (χ0v) is 8.47. The first-order chi connectivity index (χ1) is 6.09. The van der Waals surface area contributed by atoms with Crippen molar-refractivity contribution >= 4 is 5.97 Å². The molecule has 2 heteroatoms. The summed E-state index contributed by atoms with van der Waals surface area (Å²) in [4.78, 5) is 10.7. The van der Waals surface area contributed by atoms with Crippen molar-refractivity contribution in [2.24, 2.45) is 5.41 Å². The van der Waals surface area contributed by atoms with Crippen LogP contribution in [0.3, 0.4) is 0 Å². The smallest absolute Gasteiger partial charge is 0.330 e. The normalized spacial score (nSPS) is 21.8. The van der Waals surface area contributed by atoms with Gasteiger partial charge in [-0.05, 0) is 31.6 Å². The van der Waals surface area contributed by atoms with E-state index in [0.29, 0.717) is 5.57 Å². The second kappa shape index (κ2) is 3.95. The Bertz CT molecular complexity index is 222. The van der Waals surface area contributed by atoms with E-state index in [4.69, 9.17) is 5.11 Å². The summed E-state index contributed by atoms with van der Waals surface area (Å²) in [5.41, 5.74) is 0.700. The van der Waals surface area contributed by atoms with Gasteiger partial charge in [0.1, 0.15) is 0 Å². The van der Waals surface area contributed by atoms with Gasteiger partial charge in [-0.3, -0.25) is 0 Å². The van der Waals surface area contributed by atoms with Crippen LogP contribution in [-0.2, 0) is 4.79 Å². The molecule has 1 saturated carbocycles. The molecule has 0 heterocycles. The molecule has 74 valence electrons. The molecule has 0 aromatic carbocycles. The summed E-state index contributed by atoms with van der Waals surface area (Å²) >= 11 is 0. The highest BCUT2D eigenvalue weighted by Gasteiger charge is 2.30. The van der Waals surface area contributed by atoms with Gasteiger partial charge in [-0.2, -0.15) is 0 Å². The summed E-state index contributed by atoms with van der Waals surface area (Å²) in [5.74, 6) is -0.778. The molecule has 2 nitrogen and oxygen atoms in total. The predicted molar refractivity (Wildman–Crippen MR) is 52.6 cm³/mol. The first kappa shape index (κ1) is 10.3. The molecule has 0 aliphatic heterocycles. The van der Waals surface area contributed by atoms with E-state index in [1.807, 2.05) is 6.08 Å². The molecule has 0 amide bonds. The van der Waals surface area contributed by atoms with Crippen LogP contribution in [0.4, 0.5) is 0 Å². The monoisotopic (exact) mass is 182 g/mol. The van der Waals surface area contributed by atoms with Crippen LogP contribution in [0.15, 0.2) is 11.6 Å². The third kappa shape index (κ3) is 2.33. The van der Waals surface area contributed by atoms with Gasteiger partial charge in [0.2, 0.25) is 0 Å². The zero-order chi connectivity index (χ0) is 9.90. The third-order valence-corrected chi connectivity index (χ3v) is 3.16. The van der Waals surface area contributed by atoms with Gasteiger partial charge < -0.3 is 5.11 Å². The van der Waals surface area contributed by atoms with Crippen molar-refractivity contribution in [2.75, 3.05) is 0 Å². The number of carboxylic acid groups (broad SMARTS) is 1. The molecule has 0 bridgehead atoms. The SMILES string of the molecule is CCC1(C=C(C)C(=O)O)CCCC1. The molecule has 1 fully saturated rings. The highest BCUT2D eigenvalue weighted by Crippen LogP contribution is 2.42. The van der Waals surface area contributed by atoms with E-state index in [1.54, 1.807) is 6.92 Å². The molecule has 0 unspecified atom stereocenters. The highest BCUT2D eigenvalue weighted by molar-refractivity contribution is 5.85. The first-order valence-corrected chi connectivity index (χ1v) is 5.02. The van der Waals surface area contributed by atoms with Gasteiger partial charge in [0.25, 0.3) is 0 Å². The van der Waals surface area contributed by atoms with Gasteiger partial charge in [-0.1, -0.05) is 25.8 Å². The molecular formula is C11H18O2. The summed E-state index contributed by atoms with van der Waals surface area (Å²) in [6.45, 7) is 3.84. The molecule has 1 rings (SSSR count). The van der Waals surface area contributed by atoms with Crippen LogP contribution in [0.5, 0.6) is 0 Å². The van der Waals surface area contributed by atoms with Gasteiger partial charge in [-0.25, -0.2) is 4.79 Å². The minimum Gasteiger partial charge on any atom is -0.478 e. The first-order valence-electron chi connectivity index (χ1n) is 5.02. The van der Waals surface area contributed by atoms with Gasteiger partial charge >= 0.3 is 5.97 Å². The fourth-order valence-corrected chi connectivity index (χ4v) is 2.20. The lowest BCUT2D eigenvalue weighted by Crippen LogP contribution is -2.13. The Balaban J connectivity index is 2.78. The maximum absolute atomic E-state index is 10.7. The maximum atomic E-state index is 10.7. The molecule has 0 saturated heterocycles. The van der Waals surface area contributed by atoms with Crippen molar-refractivity contribution in [1.29, 1.82) is 0 Å². The second-order valence-corrected chi connectivity index (χ2v) is 4.06. The number of allylic oxidation sites excluding steroid dienone is 1. The van der Waals surface area contributed by atoms with Crippen LogP contribution in [-0.4, -0.2) is 11.1 Å². The van der Waals surface area contributed by atoms with Crippen LogP contribution < -0.4 is 0 Å². The fourth-order valence-electron chi connectivity index (χ4n) is 2.20. The summed E-state index contributed by atoms with van der Waals surface area (Å²) in [5, 5.41) is 8.78. The summed E-state index contributed by atoms with van der Waals surface area (Å²) in [6, 6.07) is 0. The Labute approximate surface area is 79.6 Å². The number of rotatable bonds is 3. The van der Waals surface area contributed by atoms with Crippen LogP contribution in [0.25, 0.3) is 0 Å². The molecule has 0 aromatic rings. The minimum absolute atomic E-state index is 0.197. The quantitative estimate of drug-likeness (QED) is 0.681. The molecule has 0 aromatic heterocycles. The Hall–Kier alpha value is -0.790. The van der Waals surface area contributed by atoms with Crippen molar-refractivity contribution in [3.8, 4) is 0 Å².